The molecular weight excluding hydrogens is 512 g/mol. The molecule has 2 aromatic heterocycles. The minimum atomic E-state index is -0.893. The van der Waals surface area contributed by atoms with Crippen LogP contribution in [0.15, 0.2) is 29.2 Å². The van der Waals surface area contributed by atoms with Gasteiger partial charge in [-0.3, -0.25) is 4.90 Å². The normalized spacial score (nSPS) is 20.5. The van der Waals surface area contributed by atoms with Gasteiger partial charge in [0.25, 0.3) is 0 Å². The van der Waals surface area contributed by atoms with Crippen molar-refractivity contribution in [2.24, 2.45) is 7.05 Å². The molecule has 3 N–H and O–H groups in total. The number of hydrogen-bond donors (Lipinski definition) is 3. The van der Waals surface area contributed by atoms with Crippen LogP contribution in [0.4, 0.5) is 17.5 Å². The number of hydrogen-bond acceptors (Lipinski definition) is 11. The molecule has 0 spiro atoms. The molecule has 212 valence electrons. The van der Waals surface area contributed by atoms with Gasteiger partial charge in [-0.25, -0.2) is 9.78 Å². The Bertz CT molecular complexity index is 1490. The van der Waals surface area contributed by atoms with Crippen LogP contribution in [-0.2, 0) is 7.05 Å². The number of aliphatic hydroxyl groups excluding tert-OH is 1. The van der Waals surface area contributed by atoms with E-state index >= 15 is 0 Å². The lowest BCUT2D eigenvalue weighted by atomic mass is 9.84. The molecular formula is C27H36N10O3. The van der Waals surface area contributed by atoms with Gasteiger partial charge in [0, 0.05) is 30.4 Å². The van der Waals surface area contributed by atoms with Gasteiger partial charge in [0.2, 0.25) is 5.95 Å². The van der Waals surface area contributed by atoms with Crippen molar-refractivity contribution in [3.05, 3.63) is 40.4 Å². The number of rotatable bonds is 8. The maximum atomic E-state index is 12.7. The van der Waals surface area contributed by atoms with E-state index in [9.17, 15) is 15.2 Å². The second-order valence-electron chi connectivity index (χ2n) is 11.8. The van der Waals surface area contributed by atoms with Crippen molar-refractivity contribution in [3.63, 3.8) is 0 Å². The van der Waals surface area contributed by atoms with E-state index in [1.807, 2.05) is 0 Å². The fourth-order valence-electron chi connectivity index (χ4n) is 5.72. The topological polar surface area (TPSA) is 159 Å². The third-order valence-corrected chi connectivity index (χ3v) is 7.64. The SMILES string of the molecule is Cn1nnn(-c2cc(Nc3ncc(C#N)c(N[C@@H]4C[C@H]5CCCN5C(C)(C)C4)n3)ccc2OC(C)(C)CO)c1=O. The predicted octanol–water partition coefficient (Wildman–Crippen LogP) is 2.34. The molecule has 2 atom stereocenters. The number of aryl methyl sites for hydroxylation is 1. The summed E-state index contributed by atoms with van der Waals surface area (Å²) < 4.78 is 8.23. The van der Waals surface area contributed by atoms with Gasteiger partial charge in [0.15, 0.2) is 0 Å². The van der Waals surface area contributed by atoms with Gasteiger partial charge in [-0.1, -0.05) is 0 Å². The van der Waals surface area contributed by atoms with Crippen LogP contribution in [0, 0.1) is 11.3 Å². The van der Waals surface area contributed by atoms with Crippen LogP contribution >= 0.6 is 0 Å². The van der Waals surface area contributed by atoms with E-state index in [1.54, 1.807) is 32.0 Å². The lowest BCUT2D eigenvalue weighted by molar-refractivity contribution is 0.0411. The molecule has 40 heavy (non-hydrogen) atoms. The van der Waals surface area contributed by atoms with Gasteiger partial charge >= 0.3 is 5.69 Å². The molecule has 2 fully saturated rings. The third kappa shape index (κ3) is 5.50. The van der Waals surface area contributed by atoms with Crippen LogP contribution in [0.2, 0.25) is 0 Å². The van der Waals surface area contributed by atoms with E-state index < -0.39 is 11.3 Å². The van der Waals surface area contributed by atoms with Gasteiger partial charge in [0.1, 0.15) is 34.5 Å². The van der Waals surface area contributed by atoms with Gasteiger partial charge in [-0.2, -0.15) is 19.6 Å². The second kappa shape index (κ2) is 10.5. The van der Waals surface area contributed by atoms with E-state index in [2.05, 4.69) is 55.8 Å². The number of aliphatic hydroxyl groups is 1. The number of aromatic nitrogens is 6. The first-order valence-corrected chi connectivity index (χ1v) is 13.5. The summed E-state index contributed by atoms with van der Waals surface area (Å²) in [5.41, 5.74) is -0.00315. The zero-order chi connectivity index (χ0) is 28.7. The molecule has 0 unspecified atom stereocenters. The highest BCUT2D eigenvalue weighted by molar-refractivity contribution is 5.64. The van der Waals surface area contributed by atoms with E-state index in [1.165, 1.54) is 26.1 Å². The van der Waals surface area contributed by atoms with Crippen LogP contribution in [0.3, 0.4) is 0 Å². The third-order valence-electron chi connectivity index (χ3n) is 7.64. The van der Waals surface area contributed by atoms with E-state index in [0.29, 0.717) is 40.5 Å². The first-order chi connectivity index (χ1) is 19.0. The summed E-state index contributed by atoms with van der Waals surface area (Å²) in [5, 5.41) is 33.9. The van der Waals surface area contributed by atoms with Gasteiger partial charge in [-0.15, -0.1) is 0 Å². The van der Waals surface area contributed by atoms with E-state index in [4.69, 9.17) is 4.74 Å². The van der Waals surface area contributed by atoms with Gasteiger partial charge < -0.3 is 20.5 Å². The Hall–Kier alpha value is -4.02. The number of fused-ring (bicyclic) bond motifs is 1. The molecule has 0 radical (unpaired) electrons. The maximum absolute atomic E-state index is 12.7. The van der Waals surface area contributed by atoms with Crippen LogP contribution in [0.5, 0.6) is 5.75 Å². The molecule has 1 aromatic carbocycles. The Morgan fingerprint density at radius 3 is 2.80 bits per heavy atom. The number of nitriles is 1. The molecule has 2 aliphatic rings. The summed E-state index contributed by atoms with van der Waals surface area (Å²) in [6, 6.07) is 8.02. The molecule has 0 amide bonds. The highest BCUT2D eigenvalue weighted by atomic mass is 16.5. The molecule has 5 rings (SSSR count). The van der Waals surface area contributed by atoms with Crippen molar-refractivity contribution < 1.29 is 9.84 Å². The average molecular weight is 549 g/mol. The highest BCUT2D eigenvalue weighted by Gasteiger charge is 2.43. The number of tetrazole rings is 1. The molecule has 13 nitrogen and oxygen atoms in total. The lowest BCUT2D eigenvalue weighted by Gasteiger charge is -2.47. The molecule has 4 heterocycles. The van der Waals surface area contributed by atoms with Crippen LogP contribution in [0.1, 0.15) is 58.9 Å². The summed E-state index contributed by atoms with van der Waals surface area (Å²) in [4.78, 5) is 24.3. The minimum Gasteiger partial charge on any atom is -0.483 e. The number of nitrogens with one attached hydrogen (secondary N) is 2. The van der Waals surface area contributed by atoms with Crippen molar-refractivity contribution in [1.82, 2.24) is 34.7 Å². The Kier molecular flexibility index (Phi) is 7.24. The molecule has 13 heteroatoms. The number of ether oxygens (including phenoxy) is 1. The Morgan fingerprint density at radius 2 is 2.10 bits per heavy atom. The van der Waals surface area contributed by atoms with E-state index in [0.717, 1.165) is 28.8 Å². The molecule has 2 saturated heterocycles. The first-order valence-electron chi connectivity index (χ1n) is 13.5. The molecule has 0 aliphatic carbocycles. The van der Waals surface area contributed by atoms with Crippen LogP contribution in [-0.4, -0.2) is 76.1 Å². The highest BCUT2D eigenvalue weighted by Crippen LogP contribution is 2.38. The van der Waals surface area contributed by atoms with Gasteiger partial charge in [0.05, 0.1) is 12.8 Å². The van der Waals surface area contributed by atoms with Crippen molar-refractivity contribution in [3.8, 4) is 17.5 Å². The van der Waals surface area contributed by atoms with Crippen LogP contribution < -0.4 is 21.1 Å². The van der Waals surface area contributed by atoms with Crippen LogP contribution in [0.25, 0.3) is 5.69 Å². The minimum absolute atomic E-state index is 0.0707. The molecule has 0 bridgehead atoms. The summed E-state index contributed by atoms with van der Waals surface area (Å²) >= 11 is 0. The number of nitrogens with zero attached hydrogens (tertiary/aromatic N) is 8. The Balaban J connectivity index is 1.42. The van der Waals surface area contributed by atoms with E-state index in [-0.39, 0.29) is 18.2 Å². The fourth-order valence-corrected chi connectivity index (χ4v) is 5.72. The summed E-state index contributed by atoms with van der Waals surface area (Å²) in [6.07, 6.45) is 5.86. The standard InChI is InChI=1S/C27H36N10O3/c1-26(2)13-19(11-20-7-6-10-36(20)26)30-23-17(14-28)15-29-24(32-23)31-18-8-9-22(40-27(3,4)16-38)21(12-18)37-25(39)35(5)33-34-37/h8-9,12,15,19-20,38H,6-7,10-11,13,16H2,1-5H3,(H2,29,30,31,32)/t19-,20-/m1/s1. The zero-order valence-corrected chi connectivity index (χ0v) is 23.5. The number of anilines is 3. The molecule has 2 aliphatic heterocycles. The second-order valence-corrected chi connectivity index (χ2v) is 11.8. The summed E-state index contributed by atoms with van der Waals surface area (Å²) in [5.74, 6) is 1.12. The lowest BCUT2D eigenvalue weighted by Crippen LogP contribution is -2.55. The number of piperidine rings is 1. The Morgan fingerprint density at radius 1 is 1.30 bits per heavy atom. The maximum Gasteiger partial charge on any atom is 0.368 e. The smallest absolute Gasteiger partial charge is 0.368 e. The summed E-state index contributed by atoms with van der Waals surface area (Å²) in [6.45, 7) is 8.95. The average Bonchev–Trinajstić information content (AvgIpc) is 3.52. The Labute approximate surface area is 232 Å². The van der Waals surface area contributed by atoms with Crippen molar-refractivity contribution >= 4 is 17.5 Å². The largest absolute Gasteiger partial charge is 0.483 e. The van der Waals surface area contributed by atoms with Gasteiger partial charge in [-0.05, 0) is 88.5 Å². The summed E-state index contributed by atoms with van der Waals surface area (Å²) in [7, 11) is 1.50. The number of benzene rings is 1. The van der Waals surface area contributed by atoms with Crippen molar-refractivity contribution in [2.75, 3.05) is 23.8 Å². The quantitative estimate of drug-likeness (QED) is 0.379. The predicted molar refractivity (Wildman–Crippen MR) is 149 cm³/mol. The molecule has 3 aromatic rings. The fraction of sp³-hybridized carbons (Fsp3) is 0.556. The zero-order valence-electron chi connectivity index (χ0n) is 23.5. The monoisotopic (exact) mass is 548 g/mol. The van der Waals surface area contributed by atoms with Crippen molar-refractivity contribution in [1.29, 1.82) is 5.26 Å². The molecule has 0 saturated carbocycles. The first kappa shape index (κ1) is 27.5. The van der Waals surface area contributed by atoms with Crippen molar-refractivity contribution in [2.45, 2.75) is 76.6 Å².